The number of pyridine rings is 1. The van der Waals surface area contributed by atoms with E-state index in [2.05, 4.69) is 11.1 Å². The van der Waals surface area contributed by atoms with E-state index in [0.29, 0.717) is 11.6 Å². The van der Waals surface area contributed by atoms with Gasteiger partial charge in [0.2, 0.25) is 5.88 Å². The van der Waals surface area contributed by atoms with Crippen LogP contribution in [0, 0.1) is 0 Å². The number of carboxylic acid groups (broad SMARTS) is 1. The summed E-state index contributed by atoms with van der Waals surface area (Å²) in [5.74, 6) is 0.0315. The molecule has 4 nitrogen and oxygen atoms in total. The molecule has 0 fully saturated rings. The van der Waals surface area contributed by atoms with Gasteiger partial charge in [-0.2, -0.15) is 0 Å². The van der Waals surface area contributed by atoms with E-state index in [1.54, 1.807) is 0 Å². The maximum atomic E-state index is 10.9. The number of aryl methyl sites for hydroxylation is 2. The number of hydrogen-bond donors (Lipinski definition) is 1. The molecule has 0 bridgehead atoms. The molecule has 20 heavy (non-hydrogen) atoms. The number of aromatic carboxylic acids is 1. The van der Waals surface area contributed by atoms with Gasteiger partial charge < -0.3 is 9.84 Å². The second-order valence-corrected chi connectivity index (χ2v) is 4.93. The average Bonchev–Trinajstić information content (AvgIpc) is 2.47. The molecule has 2 aromatic rings. The van der Waals surface area contributed by atoms with Crippen LogP contribution in [0.2, 0.25) is 0 Å². The van der Waals surface area contributed by atoms with Crippen molar-refractivity contribution in [2.24, 2.45) is 0 Å². The minimum absolute atomic E-state index is 0.174. The number of carbonyl (C=O) groups is 1. The molecule has 0 atom stereocenters. The predicted molar refractivity (Wildman–Crippen MR) is 74.4 cm³/mol. The standard InChI is InChI=1S/C16H15NO3/c18-16(19)13-7-8-17-15(10-13)20-14-6-5-11-3-1-2-4-12(11)9-14/h5-10H,1-4H2,(H,18,19). The van der Waals surface area contributed by atoms with Crippen LogP contribution < -0.4 is 4.74 Å². The number of nitrogens with zero attached hydrogens (tertiary/aromatic N) is 1. The molecular weight excluding hydrogens is 254 g/mol. The Morgan fingerprint density at radius 1 is 1.10 bits per heavy atom. The Kier molecular flexibility index (Phi) is 3.37. The smallest absolute Gasteiger partial charge is 0.335 e. The van der Waals surface area contributed by atoms with Crippen molar-refractivity contribution in [3.8, 4) is 11.6 Å². The Hall–Kier alpha value is -2.36. The predicted octanol–water partition coefficient (Wildman–Crippen LogP) is 3.45. The van der Waals surface area contributed by atoms with Crippen molar-refractivity contribution in [3.05, 3.63) is 53.2 Å². The first-order valence-corrected chi connectivity index (χ1v) is 6.71. The summed E-state index contributed by atoms with van der Waals surface area (Å²) in [6.07, 6.45) is 6.10. The third kappa shape index (κ3) is 2.64. The van der Waals surface area contributed by atoms with E-state index in [-0.39, 0.29) is 5.56 Å². The van der Waals surface area contributed by atoms with Gasteiger partial charge >= 0.3 is 5.97 Å². The highest BCUT2D eigenvalue weighted by atomic mass is 16.5. The molecule has 1 aromatic carbocycles. The first-order valence-electron chi connectivity index (χ1n) is 6.71. The van der Waals surface area contributed by atoms with E-state index in [1.807, 2.05) is 12.1 Å². The average molecular weight is 269 g/mol. The van der Waals surface area contributed by atoms with Crippen molar-refractivity contribution in [1.82, 2.24) is 4.98 Å². The summed E-state index contributed by atoms with van der Waals surface area (Å²) < 4.78 is 5.66. The molecule has 3 rings (SSSR count). The van der Waals surface area contributed by atoms with Crippen LogP contribution in [-0.2, 0) is 12.8 Å². The van der Waals surface area contributed by atoms with Crippen molar-refractivity contribution in [2.45, 2.75) is 25.7 Å². The quantitative estimate of drug-likeness (QED) is 0.927. The number of fused-ring (bicyclic) bond motifs is 1. The van der Waals surface area contributed by atoms with Crippen LogP contribution in [0.3, 0.4) is 0 Å². The first-order chi connectivity index (χ1) is 9.72. The molecule has 0 unspecified atom stereocenters. The maximum Gasteiger partial charge on any atom is 0.335 e. The summed E-state index contributed by atoms with van der Waals surface area (Å²) in [7, 11) is 0. The summed E-state index contributed by atoms with van der Waals surface area (Å²) in [6.45, 7) is 0. The third-order valence-corrected chi connectivity index (χ3v) is 3.52. The van der Waals surface area contributed by atoms with Crippen LogP contribution >= 0.6 is 0 Å². The number of benzene rings is 1. The minimum atomic E-state index is -0.984. The highest BCUT2D eigenvalue weighted by Gasteiger charge is 2.11. The zero-order valence-electron chi connectivity index (χ0n) is 11.0. The summed E-state index contributed by atoms with van der Waals surface area (Å²) >= 11 is 0. The number of hydrogen-bond acceptors (Lipinski definition) is 3. The molecular formula is C16H15NO3. The molecule has 102 valence electrons. The van der Waals surface area contributed by atoms with Gasteiger partial charge in [-0.05, 0) is 55.0 Å². The SMILES string of the molecule is O=C(O)c1ccnc(Oc2ccc3c(c2)CCCC3)c1. The maximum absolute atomic E-state index is 10.9. The fraction of sp³-hybridized carbons (Fsp3) is 0.250. The van der Waals surface area contributed by atoms with E-state index >= 15 is 0 Å². The molecule has 1 aliphatic rings. The Labute approximate surface area is 117 Å². The van der Waals surface area contributed by atoms with Gasteiger partial charge in [-0.1, -0.05) is 6.07 Å². The molecule has 0 spiro atoms. The van der Waals surface area contributed by atoms with Crippen LogP contribution in [0.15, 0.2) is 36.5 Å². The lowest BCUT2D eigenvalue weighted by Gasteiger charge is -2.16. The fourth-order valence-electron chi connectivity index (χ4n) is 2.49. The van der Waals surface area contributed by atoms with Crippen LogP contribution in [0.1, 0.15) is 34.3 Å². The molecule has 1 heterocycles. The molecule has 0 aliphatic heterocycles. The number of rotatable bonds is 3. The second-order valence-electron chi connectivity index (χ2n) is 4.93. The molecule has 1 aliphatic carbocycles. The summed E-state index contributed by atoms with van der Waals surface area (Å²) in [5.41, 5.74) is 2.88. The Balaban J connectivity index is 1.84. The topological polar surface area (TPSA) is 59.4 Å². The highest BCUT2D eigenvalue weighted by Crippen LogP contribution is 2.27. The fourth-order valence-corrected chi connectivity index (χ4v) is 2.49. The van der Waals surface area contributed by atoms with Crippen LogP contribution in [0.4, 0.5) is 0 Å². The van der Waals surface area contributed by atoms with Crippen LogP contribution in [-0.4, -0.2) is 16.1 Å². The molecule has 0 radical (unpaired) electrons. The van der Waals surface area contributed by atoms with Crippen molar-refractivity contribution < 1.29 is 14.6 Å². The van der Waals surface area contributed by atoms with Gasteiger partial charge in [-0.3, -0.25) is 0 Å². The lowest BCUT2D eigenvalue weighted by atomic mass is 9.92. The van der Waals surface area contributed by atoms with Gasteiger partial charge in [0, 0.05) is 12.3 Å². The van der Waals surface area contributed by atoms with Crippen molar-refractivity contribution in [1.29, 1.82) is 0 Å². The molecule has 1 aromatic heterocycles. The summed E-state index contributed by atoms with van der Waals surface area (Å²) in [5, 5.41) is 8.95. The zero-order valence-corrected chi connectivity index (χ0v) is 11.0. The van der Waals surface area contributed by atoms with E-state index in [0.717, 1.165) is 12.8 Å². The number of carboxylic acids is 1. The highest BCUT2D eigenvalue weighted by molar-refractivity contribution is 5.87. The normalized spacial score (nSPS) is 13.6. The number of ether oxygens (including phenoxy) is 1. The molecule has 0 amide bonds. The monoisotopic (exact) mass is 269 g/mol. The van der Waals surface area contributed by atoms with Crippen molar-refractivity contribution >= 4 is 5.97 Å². The lowest BCUT2D eigenvalue weighted by molar-refractivity contribution is 0.0696. The molecule has 0 saturated carbocycles. The van der Waals surface area contributed by atoms with Gasteiger partial charge in [-0.25, -0.2) is 9.78 Å². The molecule has 1 N–H and O–H groups in total. The third-order valence-electron chi connectivity index (χ3n) is 3.52. The van der Waals surface area contributed by atoms with Crippen LogP contribution in [0.5, 0.6) is 11.6 Å². The van der Waals surface area contributed by atoms with Gasteiger partial charge in [0.1, 0.15) is 5.75 Å². The van der Waals surface area contributed by atoms with Gasteiger partial charge in [-0.15, -0.1) is 0 Å². The van der Waals surface area contributed by atoms with Gasteiger partial charge in [0.25, 0.3) is 0 Å². The lowest BCUT2D eigenvalue weighted by Crippen LogP contribution is -2.02. The Bertz CT molecular complexity index is 652. The van der Waals surface area contributed by atoms with Crippen LogP contribution in [0.25, 0.3) is 0 Å². The molecule has 0 saturated heterocycles. The first kappa shape index (κ1) is 12.7. The summed E-state index contributed by atoms with van der Waals surface area (Å²) in [6, 6.07) is 8.91. The number of aromatic nitrogens is 1. The van der Waals surface area contributed by atoms with E-state index in [1.165, 1.54) is 42.3 Å². The van der Waals surface area contributed by atoms with Crippen molar-refractivity contribution in [3.63, 3.8) is 0 Å². The second kappa shape index (κ2) is 5.33. The van der Waals surface area contributed by atoms with Gasteiger partial charge in [0.15, 0.2) is 0 Å². The van der Waals surface area contributed by atoms with Crippen molar-refractivity contribution in [2.75, 3.05) is 0 Å². The Morgan fingerprint density at radius 2 is 1.90 bits per heavy atom. The zero-order chi connectivity index (χ0) is 13.9. The minimum Gasteiger partial charge on any atom is -0.478 e. The van der Waals surface area contributed by atoms with Gasteiger partial charge in [0.05, 0.1) is 5.56 Å². The summed E-state index contributed by atoms with van der Waals surface area (Å²) in [4.78, 5) is 15.0. The largest absolute Gasteiger partial charge is 0.478 e. The molecule has 4 heteroatoms. The van der Waals surface area contributed by atoms with E-state index in [9.17, 15) is 4.79 Å². The van der Waals surface area contributed by atoms with E-state index < -0.39 is 5.97 Å². The van der Waals surface area contributed by atoms with E-state index in [4.69, 9.17) is 9.84 Å². The Morgan fingerprint density at radius 3 is 2.70 bits per heavy atom.